The van der Waals surface area contributed by atoms with Gasteiger partial charge in [0.05, 0.1) is 33.9 Å². The number of hydrogen-bond donors (Lipinski definition) is 1. The molecule has 0 spiro atoms. The Morgan fingerprint density at radius 2 is 2.05 bits per heavy atom. The predicted molar refractivity (Wildman–Crippen MR) is 80.1 cm³/mol. The lowest BCUT2D eigenvalue weighted by atomic mass is 10.2. The summed E-state index contributed by atoms with van der Waals surface area (Å²) in [6.45, 7) is 0. The lowest BCUT2D eigenvalue weighted by Gasteiger charge is -2.10. The minimum Gasteiger partial charge on any atom is -0.496 e. The molecule has 2 aromatic rings. The Bertz CT molecular complexity index is 652. The molecule has 0 saturated heterocycles. The van der Waals surface area contributed by atoms with Gasteiger partial charge in [-0.05, 0) is 52.3 Å². The maximum atomic E-state index is 8.79. The summed E-state index contributed by atoms with van der Waals surface area (Å²) >= 11 is 9.53. The molecular formula is C14H10BrClN2O. The first-order valence-electron chi connectivity index (χ1n) is 5.44. The summed E-state index contributed by atoms with van der Waals surface area (Å²) in [7, 11) is 1.62. The highest BCUT2D eigenvalue weighted by molar-refractivity contribution is 9.10. The van der Waals surface area contributed by atoms with Gasteiger partial charge in [-0.25, -0.2) is 0 Å². The zero-order chi connectivity index (χ0) is 13.8. The molecule has 19 heavy (non-hydrogen) atoms. The standard InChI is InChI=1S/C14H10BrClN2O/c1-19-14-5-3-10(7-11(14)15)18-13-4-2-9(8-17)6-12(13)16/h2-7,18H,1H3. The molecule has 0 aliphatic heterocycles. The molecule has 0 saturated carbocycles. The van der Waals surface area contributed by atoms with E-state index >= 15 is 0 Å². The Hall–Kier alpha value is -1.70. The van der Waals surface area contributed by atoms with E-state index < -0.39 is 0 Å². The van der Waals surface area contributed by atoms with E-state index in [1.165, 1.54) is 0 Å². The van der Waals surface area contributed by atoms with Crippen LogP contribution in [0.5, 0.6) is 5.75 Å². The number of hydrogen-bond acceptors (Lipinski definition) is 3. The molecule has 0 amide bonds. The van der Waals surface area contributed by atoms with Crippen LogP contribution in [0, 0.1) is 11.3 Å². The second kappa shape index (κ2) is 5.96. The normalized spacial score (nSPS) is 9.79. The number of rotatable bonds is 3. The molecule has 0 aromatic heterocycles. The van der Waals surface area contributed by atoms with E-state index in [0.717, 1.165) is 21.6 Å². The Balaban J connectivity index is 2.26. The monoisotopic (exact) mass is 336 g/mol. The van der Waals surface area contributed by atoms with Crippen LogP contribution in [0.3, 0.4) is 0 Å². The molecular weight excluding hydrogens is 328 g/mol. The van der Waals surface area contributed by atoms with Crippen LogP contribution in [0.15, 0.2) is 40.9 Å². The quantitative estimate of drug-likeness (QED) is 0.881. The third-order valence-electron chi connectivity index (χ3n) is 2.53. The SMILES string of the molecule is COc1ccc(Nc2ccc(C#N)cc2Cl)cc1Br. The van der Waals surface area contributed by atoms with Crippen molar-refractivity contribution < 1.29 is 4.74 Å². The van der Waals surface area contributed by atoms with Crippen molar-refractivity contribution in [2.75, 3.05) is 12.4 Å². The van der Waals surface area contributed by atoms with Crippen molar-refractivity contribution in [1.29, 1.82) is 5.26 Å². The minimum atomic E-state index is 0.506. The topological polar surface area (TPSA) is 45.0 Å². The molecule has 0 atom stereocenters. The summed E-state index contributed by atoms with van der Waals surface area (Å²) in [5.74, 6) is 0.761. The van der Waals surface area contributed by atoms with Crippen LogP contribution in [0.2, 0.25) is 5.02 Å². The summed E-state index contributed by atoms with van der Waals surface area (Å²) in [5, 5.41) is 12.5. The molecule has 3 nitrogen and oxygen atoms in total. The van der Waals surface area contributed by atoms with Gasteiger partial charge in [-0.2, -0.15) is 5.26 Å². The lowest BCUT2D eigenvalue weighted by Crippen LogP contribution is -1.93. The summed E-state index contributed by atoms with van der Waals surface area (Å²) < 4.78 is 6.02. The first-order chi connectivity index (χ1) is 9.13. The average Bonchev–Trinajstić information content (AvgIpc) is 2.41. The van der Waals surface area contributed by atoms with E-state index in [2.05, 4.69) is 21.2 Å². The first kappa shape index (κ1) is 13.7. The van der Waals surface area contributed by atoms with Crippen molar-refractivity contribution in [3.05, 3.63) is 51.5 Å². The Morgan fingerprint density at radius 3 is 2.63 bits per heavy atom. The Kier molecular flexibility index (Phi) is 4.31. The van der Waals surface area contributed by atoms with Crippen molar-refractivity contribution in [2.45, 2.75) is 0 Å². The highest BCUT2D eigenvalue weighted by atomic mass is 79.9. The smallest absolute Gasteiger partial charge is 0.133 e. The maximum absolute atomic E-state index is 8.79. The molecule has 0 radical (unpaired) electrons. The summed E-state index contributed by atoms with van der Waals surface area (Å²) in [4.78, 5) is 0. The molecule has 1 N–H and O–H groups in total. The van der Waals surface area contributed by atoms with Crippen molar-refractivity contribution in [1.82, 2.24) is 0 Å². The maximum Gasteiger partial charge on any atom is 0.133 e. The van der Waals surface area contributed by atoms with Crippen LogP contribution in [-0.4, -0.2) is 7.11 Å². The van der Waals surface area contributed by atoms with E-state index in [0.29, 0.717) is 10.6 Å². The van der Waals surface area contributed by atoms with Gasteiger partial charge in [0.2, 0.25) is 0 Å². The largest absolute Gasteiger partial charge is 0.496 e. The minimum absolute atomic E-state index is 0.506. The second-order valence-electron chi connectivity index (χ2n) is 3.78. The number of nitriles is 1. The number of nitrogens with one attached hydrogen (secondary N) is 1. The van der Waals surface area contributed by atoms with Crippen LogP contribution < -0.4 is 10.1 Å². The van der Waals surface area contributed by atoms with Gasteiger partial charge in [-0.15, -0.1) is 0 Å². The van der Waals surface area contributed by atoms with Gasteiger partial charge in [0.1, 0.15) is 5.75 Å². The van der Waals surface area contributed by atoms with E-state index in [-0.39, 0.29) is 0 Å². The number of nitrogens with zero attached hydrogens (tertiary/aromatic N) is 1. The van der Waals surface area contributed by atoms with Gasteiger partial charge in [-0.3, -0.25) is 0 Å². The van der Waals surface area contributed by atoms with Crippen LogP contribution in [0.1, 0.15) is 5.56 Å². The number of methoxy groups -OCH3 is 1. The Morgan fingerprint density at radius 1 is 1.26 bits per heavy atom. The molecule has 0 aliphatic rings. The highest BCUT2D eigenvalue weighted by Crippen LogP contribution is 2.31. The van der Waals surface area contributed by atoms with Gasteiger partial charge in [0, 0.05) is 5.69 Å². The predicted octanol–water partition coefficient (Wildman–Crippen LogP) is 4.73. The van der Waals surface area contributed by atoms with Crippen molar-refractivity contribution in [3.8, 4) is 11.8 Å². The molecule has 5 heteroatoms. The average molecular weight is 338 g/mol. The van der Waals surface area contributed by atoms with E-state index in [9.17, 15) is 0 Å². The third kappa shape index (κ3) is 3.19. The van der Waals surface area contributed by atoms with Crippen molar-refractivity contribution >= 4 is 38.9 Å². The van der Waals surface area contributed by atoms with E-state index in [1.54, 1.807) is 25.3 Å². The van der Waals surface area contributed by atoms with Crippen LogP contribution in [-0.2, 0) is 0 Å². The molecule has 0 unspecified atom stereocenters. The zero-order valence-electron chi connectivity index (χ0n) is 10.1. The molecule has 2 rings (SSSR count). The molecule has 2 aromatic carbocycles. The fourth-order valence-corrected chi connectivity index (χ4v) is 2.35. The number of halogens is 2. The number of anilines is 2. The van der Waals surface area contributed by atoms with Gasteiger partial charge < -0.3 is 10.1 Å². The molecule has 0 heterocycles. The number of ether oxygens (including phenoxy) is 1. The summed E-state index contributed by atoms with van der Waals surface area (Å²) in [6.07, 6.45) is 0. The first-order valence-corrected chi connectivity index (χ1v) is 6.61. The Labute approximate surface area is 124 Å². The van der Waals surface area contributed by atoms with E-state index in [4.69, 9.17) is 21.6 Å². The van der Waals surface area contributed by atoms with Crippen molar-refractivity contribution in [2.24, 2.45) is 0 Å². The fourth-order valence-electron chi connectivity index (χ4n) is 1.59. The third-order valence-corrected chi connectivity index (χ3v) is 3.46. The van der Waals surface area contributed by atoms with Gasteiger partial charge in [0.15, 0.2) is 0 Å². The van der Waals surface area contributed by atoms with Crippen LogP contribution >= 0.6 is 27.5 Å². The van der Waals surface area contributed by atoms with Gasteiger partial charge in [-0.1, -0.05) is 11.6 Å². The second-order valence-corrected chi connectivity index (χ2v) is 5.04. The van der Waals surface area contributed by atoms with Crippen LogP contribution in [0.4, 0.5) is 11.4 Å². The fraction of sp³-hybridized carbons (Fsp3) is 0.0714. The highest BCUT2D eigenvalue weighted by Gasteiger charge is 2.05. The molecule has 96 valence electrons. The number of benzene rings is 2. The summed E-state index contributed by atoms with van der Waals surface area (Å²) in [5.41, 5.74) is 2.16. The summed E-state index contributed by atoms with van der Waals surface area (Å²) in [6, 6.07) is 12.8. The lowest BCUT2D eigenvalue weighted by molar-refractivity contribution is 0.412. The van der Waals surface area contributed by atoms with Gasteiger partial charge in [0.25, 0.3) is 0 Å². The van der Waals surface area contributed by atoms with E-state index in [1.807, 2.05) is 24.3 Å². The van der Waals surface area contributed by atoms with Crippen LogP contribution in [0.25, 0.3) is 0 Å². The molecule has 0 fully saturated rings. The molecule has 0 bridgehead atoms. The zero-order valence-corrected chi connectivity index (χ0v) is 12.4. The molecule has 0 aliphatic carbocycles. The van der Waals surface area contributed by atoms with Crippen molar-refractivity contribution in [3.63, 3.8) is 0 Å². The van der Waals surface area contributed by atoms with Gasteiger partial charge >= 0.3 is 0 Å².